The predicted molar refractivity (Wildman–Crippen MR) is 72.9 cm³/mol. The predicted octanol–water partition coefficient (Wildman–Crippen LogP) is 2.46. The molecule has 1 N–H and O–H groups in total. The maximum atomic E-state index is 9.11. The Kier molecular flexibility index (Phi) is 3.94. The van der Waals surface area contributed by atoms with Crippen LogP contribution in [0.5, 0.6) is 5.75 Å². The topological polar surface area (TPSA) is 70.8 Å². The van der Waals surface area contributed by atoms with E-state index in [4.69, 9.17) is 10.00 Å². The third-order valence-corrected chi connectivity index (χ3v) is 2.64. The summed E-state index contributed by atoms with van der Waals surface area (Å²) in [7, 11) is 1.54. The van der Waals surface area contributed by atoms with E-state index in [0.29, 0.717) is 17.1 Å². The van der Waals surface area contributed by atoms with Crippen LogP contribution in [0.15, 0.2) is 30.6 Å². The SMILES string of the molecule is CCNc1nccnc1-c1ccc(OC)c(C#N)c1. The minimum Gasteiger partial charge on any atom is -0.495 e. The lowest BCUT2D eigenvalue weighted by Crippen LogP contribution is -2.02. The van der Waals surface area contributed by atoms with Crippen molar-refractivity contribution in [1.29, 1.82) is 5.26 Å². The second-order valence-electron chi connectivity index (χ2n) is 3.81. The molecule has 5 heteroatoms. The number of rotatable bonds is 4. The molecule has 0 atom stereocenters. The first kappa shape index (κ1) is 12.8. The Bertz CT molecular complexity index is 619. The minimum atomic E-state index is 0.480. The van der Waals surface area contributed by atoms with Gasteiger partial charge in [0.25, 0.3) is 0 Å². The van der Waals surface area contributed by atoms with E-state index in [1.807, 2.05) is 13.0 Å². The molecule has 0 aliphatic rings. The smallest absolute Gasteiger partial charge is 0.152 e. The molecule has 19 heavy (non-hydrogen) atoms. The summed E-state index contributed by atoms with van der Waals surface area (Å²) in [6, 6.07) is 7.50. The lowest BCUT2D eigenvalue weighted by Gasteiger charge is -2.09. The van der Waals surface area contributed by atoms with Crippen LogP contribution in [-0.4, -0.2) is 23.6 Å². The Labute approximate surface area is 111 Å². The fourth-order valence-electron chi connectivity index (χ4n) is 1.79. The molecule has 1 aromatic heterocycles. The van der Waals surface area contributed by atoms with Gasteiger partial charge < -0.3 is 10.1 Å². The van der Waals surface area contributed by atoms with Crippen LogP contribution < -0.4 is 10.1 Å². The molecule has 0 fully saturated rings. The van der Waals surface area contributed by atoms with Gasteiger partial charge in [-0.25, -0.2) is 4.98 Å². The zero-order valence-electron chi connectivity index (χ0n) is 10.8. The number of nitrogens with one attached hydrogen (secondary N) is 1. The quantitative estimate of drug-likeness (QED) is 0.907. The van der Waals surface area contributed by atoms with Crippen molar-refractivity contribution < 1.29 is 4.74 Å². The first-order valence-electron chi connectivity index (χ1n) is 5.93. The van der Waals surface area contributed by atoms with Crippen LogP contribution >= 0.6 is 0 Å². The molecule has 0 saturated heterocycles. The van der Waals surface area contributed by atoms with Crippen molar-refractivity contribution in [2.45, 2.75) is 6.92 Å². The Morgan fingerprint density at radius 3 is 2.79 bits per heavy atom. The van der Waals surface area contributed by atoms with Gasteiger partial charge in [-0.05, 0) is 25.1 Å². The van der Waals surface area contributed by atoms with Gasteiger partial charge in [-0.15, -0.1) is 0 Å². The number of hydrogen-bond donors (Lipinski definition) is 1. The number of nitriles is 1. The zero-order chi connectivity index (χ0) is 13.7. The van der Waals surface area contributed by atoms with Crippen molar-refractivity contribution in [1.82, 2.24) is 9.97 Å². The number of ether oxygens (including phenoxy) is 1. The molecular formula is C14H14N4O. The second-order valence-corrected chi connectivity index (χ2v) is 3.81. The molecule has 0 amide bonds. The zero-order valence-corrected chi connectivity index (χ0v) is 10.8. The summed E-state index contributed by atoms with van der Waals surface area (Å²) in [5.74, 6) is 1.26. The van der Waals surface area contributed by atoms with Crippen LogP contribution in [0.3, 0.4) is 0 Å². The molecule has 0 bridgehead atoms. The second kappa shape index (κ2) is 5.83. The summed E-state index contributed by atoms with van der Waals surface area (Å²) in [6.07, 6.45) is 3.27. The summed E-state index contributed by atoms with van der Waals surface area (Å²) < 4.78 is 5.13. The summed E-state index contributed by atoms with van der Waals surface area (Å²) in [5.41, 5.74) is 2.04. The van der Waals surface area contributed by atoms with Crippen molar-refractivity contribution in [3.8, 4) is 23.1 Å². The van der Waals surface area contributed by atoms with Crippen LogP contribution in [-0.2, 0) is 0 Å². The van der Waals surface area contributed by atoms with E-state index in [1.54, 1.807) is 31.6 Å². The van der Waals surface area contributed by atoms with Crippen LogP contribution in [0, 0.1) is 11.3 Å². The van der Waals surface area contributed by atoms with E-state index in [9.17, 15) is 0 Å². The van der Waals surface area contributed by atoms with Gasteiger partial charge in [0.05, 0.1) is 12.7 Å². The Morgan fingerprint density at radius 1 is 1.32 bits per heavy atom. The molecular weight excluding hydrogens is 240 g/mol. The van der Waals surface area contributed by atoms with E-state index in [-0.39, 0.29) is 0 Å². The van der Waals surface area contributed by atoms with Gasteiger partial charge in [0.2, 0.25) is 0 Å². The maximum Gasteiger partial charge on any atom is 0.152 e. The summed E-state index contributed by atoms with van der Waals surface area (Å²) >= 11 is 0. The third kappa shape index (κ3) is 2.63. The molecule has 0 spiro atoms. The number of hydrogen-bond acceptors (Lipinski definition) is 5. The van der Waals surface area contributed by atoms with Crippen LogP contribution in [0.4, 0.5) is 5.82 Å². The van der Waals surface area contributed by atoms with E-state index >= 15 is 0 Å². The summed E-state index contributed by atoms with van der Waals surface area (Å²) in [5, 5.41) is 12.3. The van der Waals surface area contributed by atoms with E-state index < -0.39 is 0 Å². The van der Waals surface area contributed by atoms with Gasteiger partial charge in [0.1, 0.15) is 17.5 Å². The molecule has 0 aliphatic heterocycles. The number of anilines is 1. The van der Waals surface area contributed by atoms with Crippen LogP contribution in [0.2, 0.25) is 0 Å². The van der Waals surface area contributed by atoms with Crippen molar-refractivity contribution in [3.63, 3.8) is 0 Å². The molecule has 0 saturated carbocycles. The third-order valence-electron chi connectivity index (χ3n) is 2.64. The number of nitrogens with zero attached hydrogens (tertiary/aromatic N) is 3. The molecule has 0 aliphatic carbocycles. The van der Waals surface area contributed by atoms with Gasteiger partial charge in [-0.1, -0.05) is 0 Å². The maximum absolute atomic E-state index is 9.11. The van der Waals surface area contributed by atoms with Crippen LogP contribution in [0.25, 0.3) is 11.3 Å². The highest BCUT2D eigenvalue weighted by Crippen LogP contribution is 2.28. The van der Waals surface area contributed by atoms with Gasteiger partial charge in [-0.3, -0.25) is 4.98 Å². The fourth-order valence-corrected chi connectivity index (χ4v) is 1.79. The highest BCUT2D eigenvalue weighted by Gasteiger charge is 2.10. The van der Waals surface area contributed by atoms with Gasteiger partial charge in [-0.2, -0.15) is 5.26 Å². The summed E-state index contributed by atoms with van der Waals surface area (Å²) in [4.78, 5) is 8.58. The number of aromatic nitrogens is 2. The molecule has 96 valence electrons. The molecule has 0 radical (unpaired) electrons. The van der Waals surface area contributed by atoms with E-state index in [0.717, 1.165) is 17.8 Å². The standard InChI is InChI=1S/C14H14N4O/c1-3-16-14-13(17-6-7-18-14)10-4-5-12(19-2)11(8-10)9-15/h4-8H,3H2,1-2H3,(H,16,18). The lowest BCUT2D eigenvalue weighted by atomic mass is 10.1. The molecule has 1 heterocycles. The van der Waals surface area contributed by atoms with Crippen molar-refractivity contribution >= 4 is 5.82 Å². The van der Waals surface area contributed by atoms with Crippen molar-refractivity contribution in [2.24, 2.45) is 0 Å². The fraction of sp³-hybridized carbons (Fsp3) is 0.214. The Morgan fingerprint density at radius 2 is 2.11 bits per heavy atom. The van der Waals surface area contributed by atoms with Crippen LogP contribution in [0.1, 0.15) is 12.5 Å². The first-order chi connectivity index (χ1) is 9.30. The molecule has 5 nitrogen and oxygen atoms in total. The Hall–Kier alpha value is -2.61. The van der Waals surface area contributed by atoms with Gasteiger partial charge in [0.15, 0.2) is 5.82 Å². The number of benzene rings is 1. The van der Waals surface area contributed by atoms with Gasteiger partial charge in [0, 0.05) is 24.5 Å². The summed E-state index contributed by atoms with van der Waals surface area (Å²) in [6.45, 7) is 2.75. The molecule has 2 rings (SSSR count). The van der Waals surface area contributed by atoms with Crippen molar-refractivity contribution in [2.75, 3.05) is 19.0 Å². The largest absolute Gasteiger partial charge is 0.495 e. The highest BCUT2D eigenvalue weighted by molar-refractivity contribution is 5.73. The molecule has 2 aromatic rings. The molecule has 0 unspecified atom stereocenters. The highest BCUT2D eigenvalue weighted by atomic mass is 16.5. The normalized spacial score (nSPS) is 9.74. The van der Waals surface area contributed by atoms with E-state index in [2.05, 4.69) is 21.4 Å². The number of methoxy groups -OCH3 is 1. The van der Waals surface area contributed by atoms with E-state index in [1.165, 1.54) is 0 Å². The minimum absolute atomic E-state index is 0.480. The van der Waals surface area contributed by atoms with Gasteiger partial charge >= 0.3 is 0 Å². The van der Waals surface area contributed by atoms with Crippen molar-refractivity contribution in [3.05, 3.63) is 36.2 Å². The molecule has 1 aromatic carbocycles. The Balaban J connectivity index is 2.51. The lowest BCUT2D eigenvalue weighted by molar-refractivity contribution is 0.413. The average molecular weight is 254 g/mol. The first-order valence-corrected chi connectivity index (χ1v) is 5.93. The average Bonchev–Trinajstić information content (AvgIpc) is 2.47. The monoisotopic (exact) mass is 254 g/mol.